The van der Waals surface area contributed by atoms with Crippen molar-refractivity contribution >= 4 is 11.7 Å². The van der Waals surface area contributed by atoms with Gasteiger partial charge in [-0.3, -0.25) is 0 Å². The van der Waals surface area contributed by atoms with Gasteiger partial charge in [0.2, 0.25) is 0 Å². The molecule has 1 N–H and O–H groups in total. The third-order valence-corrected chi connectivity index (χ3v) is 7.40. The maximum absolute atomic E-state index is 13.9. The molecule has 1 aliphatic carbocycles. The predicted molar refractivity (Wildman–Crippen MR) is 144 cm³/mol. The van der Waals surface area contributed by atoms with Gasteiger partial charge in [0.05, 0.1) is 6.54 Å². The number of carbonyl (C=O) groups excluding carboxylic acids is 1. The monoisotopic (exact) mass is 472 g/mol. The van der Waals surface area contributed by atoms with E-state index in [1.165, 1.54) is 16.7 Å². The topological polar surface area (TPSA) is 45.5 Å². The van der Waals surface area contributed by atoms with E-state index in [9.17, 15) is 4.79 Å². The van der Waals surface area contributed by atoms with Crippen LogP contribution in [0.5, 0.6) is 0 Å². The van der Waals surface area contributed by atoms with Crippen molar-refractivity contribution in [3.63, 3.8) is 0 Å². The van der Waals surface area contributed by atoms with E-state index >= 15 is 0 Å². The van der Waals surface area contributed by atoms with Gasteiger partial charge >= 0.3 is 6.03 Å². The Morgan fingerprint density at radius 3 is 2.06 bits per heavy atom. The molecule has 35 heavy (non-hydrogen) atoms. The molecule has 2 aromatic carbocycles. The van der Waals surface area contributed by atoms with Crippen molar-refractivity contribution < 1.29 is 9.21 Å². The van der Waals surface area contributed by atoms with Gasteiger partial charge in [0.1, 0.15) is 11.5 Å². The standard InChI is InChI=1S/C31H40N2O2/c1-21(2)28-12-9-13-29(22(3)4)30(28)32-31(34)33(20-27-19-14-23(5)35-27)26-17-15-25(16-18-26)24-10-7-6-8-11-24/h6-14,19,21-22,25-26H,15-18,20H2,1-5H3,(H,32,34)/t25-,26-. The Morgan fingerprint density at radius 1 is 0.886 bits per heavy atom. The average molecular weight is 473 g/mol. The molecule has 0 spiro atoms. The summed E-state index contributed by atoms with van der Waals surface area (Å²) in [6.45, 7) is 11.2. The Hall–Kier alpha value is -3.01. The van der Waals surface area contributed by atoms with Crippen LogP contribution in [0.4, 0.5) is 10.5 Å². The van der Waals surface area contributed by atoms with Crippen LogP contribution in [0.2, 0.25) is 0 Å². The van der Waals surface area contributed by atoms with Gasteiger partial charge in [0, 0.05) is 11.7 Å². The zero-order valence-corrected chi connectivity index (χ0v) is 21.9. The van der Waals surface area contributed by atoms with E-state index in [1.54, 1.807) is 0 Å². The average Bonchev–Trinajstić information content (AvgIpc) is 3.27. The molecule has 0 saturated heterocycles. The second-order valence-corrected chi connectivity index (χ2v) is 10.6. The number of furan rings is 1. The van der Waals surface area contributed by atoms with Crippen molar-refractivity contribution in [1.29, 1.82) is 0 Å². The van der Waals surface area contributed by atoms with Gasteiger partial charge in [0.15, 0.2) is 0 Å². The summed E-state index contributed by atoms with van der Waals surface area (Å²) in [5.41, 5.74) is 4.76. The predicted octanol–water partition coefficient (Wildman–Crippen LogP) is 8.60. The van der Waals surface area contributed by atoms with Crippen LogP contribution in [-0.2, 0) is 6.54 Å². The third-order valence-electron chi connectivity index (χ3n) is 7.40. The number of urea groups is 1. The molecule has 0 aliphatic heterocycles. The summed E-state index contributed by atoms with van der Waals surface area (Å²) < 4.78 is 5.90. The Kier molecular flexibility index (Phi) is 8.00. The van der Waals surface area contributed by atoms with Crippen LogP contribution in [0.15, 0.2) is 65.1 Å². The Balaban J connectivity index is 1.57. The van der Waals surface area contributed by atoms with Crippen molar-refractivity contribution in [3.05, 3.63) is 88.9 Å². The van der Waals surface area contributed by atoms with Crippen LogP contribution in [0.1, 0.15) is 99.3 Å². The van der Waals surface area contributed by atoms with E-state index in [2.05, 4.69) is 81.5 Å². The summed E-state index contributed by atoms with van der Waals surface area (Å²) in [6.07, 6.45) is 4.18. The number of benzene rings is 2. The summed E-state index contributed by atoms with van der Waals surface area (Å²) in [5.74, 6) is 2.93. The lowest BCUT2D eigenvalue weighted by molar-refractivity contribution is 0.151. The lowest BCUT2D eigenvalue weighted by Gasteiger charge is -2.37. The normalized spacial score (nSPS) is 18.1. The summed E-state index contributed by atoms with van der Waals surface area (Å²) in [5, 5.41) is 3.35. The molecule has 4 heteroatoms. The van der Waals surface area contributed by atoms with Gasteiger partial charge in [-0.15, -0.1) is 0 Å². The second-order valence-electron chi connectivity index (χ2n) is 10.6. The molecule has 1 heterocycles. The number of nitrogens with zero attached hydrogens (tertiary/aromatic N) is 1. The lowest BCUT2D eigenvalue weighted by atomic mass is 9.81. The van der Waals surface area contributed by atoms with Crippen LogP contribution in [-0.4, -0.2) is 17.0 Å². The molecule has 1 saturated carbocycles. The van der Waals surface area contributed by atoms with E-state index in [0.29, 0.717) is 24.3 Å². The number of anilines is 1. The molecule has 1 aromatic heterocycles. The summed E-state index contributed by atoms with van der Waals surface area (Å²) >= 11 is 0. The number of rotatable bonds is 7. The molecule has 1 fully saturated rings. The number of carbonyl (C=O) groups is 1. The Labute approximate surface area is 210 Å². The molecule has 0 unspecified atom stereocenters. The number of hydrogen-bond acceptors (Lipinski definition) is 2. The maximum Gasteiger partial charge on any atom is 0.322 e. The zero-order valence-electron chi connectivity index (χ0n) is 21.9. The van der Waals surface area contributed by atoms with Crippen LogP contribution in [0.25, 0.3) is 0 Å². The molecular weight excluding hydrogens is 432 g/mol. The highest BCUT2D eigenvalue weighted by molar-refractivity contribution is 5.91. The molecule has 3 aromatic rings. The summed E-state index contributed by atoms with van der Waals surface area (Å²) in [7, 11) is 0. The number of amides is 2. The van der Waals surface area contributed by atoms with Crippen LogP contribution in [0, 0.1) is 6.92 Å². The maximum atomic E-state index is 13.9. The van der Waals surface area contributed by atoms with Crippen molar-refractivity contribution in [1.82, 2.24) is 4.90 Å². The fourth-order valence-electron chi connectivity index (χ4n) is 5.42. The SMILES string of the molecule is Cc1ccc(CN(C(=O)Nc2c(C(C)C)cccc2C(C)C)[C@H]2CC[C@H](c3ccccc3)CC2)o1. The van der Waals surface area contributed by atoms with Gasteiger partial charge in [-0.1, -0.05) is 76.2 Å². The van der Waals surface area contributed by atoms with Gasteiger partial charge in [-0.05, 0) is 79.2 Å². The van der Waals surface area contributed by atoms with Gasteiger partial charge in [-0.25, -0.2) is 4.79 Å². The van der Waals surface area contributed by atoms with Gasteiger partial charge in [-0.2, -0.15) is 0 Å². The quantitative estimate of drug-likeness (QED) is 0.374. The van der Waals surface area contributed by atoms with Crippen molar-refractivity contribution in [3.8, 4) is 0 Å². The molecule has 0 bridgehead atoms. The molecule has 4 nitrogen and oxygen atoms in total. The van der Waals surface area contributed by atoms with Gasteiger partial charge < -0.3 is 14.6 Å². The minimum absolute atomic E-state index is 0.0304. The molecular formula is C31H40N2O2. The first-order valence-electron chi connectivity index (χ1n) is 13.1. The van der Waals surface area contributed by atoms with E-state index in [-0.39, 0.29) is 12.1 Å². The molecule has 4 rings (SSSR count). The Morgan fingerprint density at radius 2 is 1.51 bits per heavy atom. The molecule has 186 valence electrons. The minimum atomic E-state index is -0.0304. The smallest absolute Gasteiger partial charge is 0.322 e. The minimum Gasteiger partial charge on any atom is -0.464 e. The van der Waals surface area contributed by atoms with Crippen molar-refractivity contribution in [2.24, 2.45) is 0 Å². The van der Waals surface area contributed by atoms with Crippen molar-refractivity contribution in [2.45, 2.75) is 90.6 Å². The van der Waals surface area contributed by atoms with Crippen LogP contribution in [0.3, 0.4) is 0 Å². The van der Waals surface area contributed by atoms with Gasteiger partial charge in [0.25, 0.3) is 0 Å². The van der Waals surface area contributed by atoms with Crippen LogP contribution < -0.4 is 5.32 Å². The largest absolute Gasteiger partial charge is 0.464 e. The highest BCUT2D eigenvalue weighted by Gasteiger charge is 2.31. The molecule has 2 amide bonds. The highest BCUT2D eigenvalue weighted by atomic mass is 16.3. The van der Waals surface area contributed by atoms with E-state index in [1.807, 2.05) is 24.0 Å². The van der Waals surface area contributed by atoms with Crippen molar-refractivity contribution in [2.75, 3.05) is 5.32 Å². The second kappa shape index (κ2) is 11.2. The first-order valence-corrected chi connectivity index (χ1v) is 13.1. The Bertz CT molecular complexity index is 1080. The zero-order chi connectivity index (χ0) is 24.9. The van der Waals surface area contributed by atoms with E-state index in [0.717, 1.165) is 42.9 Å². The molecule has 1 aliphatic rings. The number of para-hydroxylation sites is 1. The summed E-state index contributed by atoms with van der Waals surface area (Å²) in [6, 6.07) is 21.3. The van der Waals surface area contributed by atoms with E-state index in [4.69, 9.17) is 4.42 Å². The first kappa shape index (κ1) is 25.1. The number of nitrogens with one attached hydrogen (secondary N) is 1. The highest BCUT2D eigenvalue weighted by Crippen LogP contribution is 2.37. The first-order chi connectivity index (χ1) is 16.8. The number of hydrogen-bond donors (Lipinski definition) is 1. The lowest BCUT2D eigenvalue weighted by Crippen LogP contribution is -2.44. The molecule has 0 atom stereocenters. The third kappa shape index (κ3) is 5.98. The van der Waals surface area contributed by atoms with Crippen LogP contribution >= 0.6 is 0 Å². The fraction of sp³-hybridized carbons (Fsp3) is 0.452. The molecule has 0 radical (unpaired) electrons. The van der Waals surface area contributed by atoms with E-state index < -0.39 is 0 Å². The summed E-state index contributed by atoms with van der Waals surface area (Å²) in [4.78, 5) is 15.9. The fourth-order valence-corrected chi connectivity index (χ4v) is 5.42. The number of aryl methyl sites for hydroxylation is 1.